The third kappa shape index (κ3) is 4.14. The Labute approximate surface area is 131 Å². The van der Waals surface area contributed by atoms with E-state index in [4.69, 9.17) is 16.1 Å². The van der Waals surface area contributed by atoms with Crippen molar-refractivity contribution in [2.24, 2.45) is 0 Å². The van der Waals surface area contributed by atoms with Crippen LogP contribution in [0.4, 0.5) is 0 Å². The predicted octanol–water partition coefficient (Wildman–Crippen LogP) is 3.67. The summed E-state index contributed by atoms with van der Waals surface area (Å²) in [5, 5.41) is 7.26. The highest BCUT2D eigenvalue weighted by Gasteiger charge is 2.07. The normalized spacial score (nSPS) is 10.9. The van der Waals surface area contributed by atoms with Gasteiger partial charge in [0.1, 0.15) is 0 Å². The van der Waals surface area contributed by atoms with Crippen molar-refractivity contribution in [3.8, 4) is 0 Å². The van der Waals surface area contributed by atoms with Crippen LogP contribution in [0, 0.1) is 0 Å². The number of rotatable bonds is 6. The molecule has 1 aromatic carbocycles. The van der Waals surface area contributed by atoms with Crippen molar-refractivity contribution in [1.29, 1.82) is 0 Å². The molecule has 0 radical (unpaired) electrons. The molecule has 2 aromatic heterocycles. The molecular formula is C15H14ClN3OS. The molecule has 2 heterocycles. The van der Waals surface area contributed by atoms with Crippen molar-refractivity contribution in [3.05, 3.63) is 69.0 Å². The Balaban J connectivity index is 1.51. The largest absolute Gasteiger partial charge is 0.338 e. The molecule has 0 aliphatic heterocycles. The highest BCUT2D eigenvalue weighted by atomic mass is 35.5. The second kappa shape index (κ2) is 6.85. The summed E-state index contributed by atoms with van der Waals surface area (Å²) in [5.74, 6) is 1.31. The Morgan fingerprint density at radius 3 is 2.71 bits per heavy atom. The second-order valence-corrected chi connectivity index (χ2v) is 6.38. The molecule has 108 valence electrons. The number of halogens is 1. The highest BCUT2D eigenvalue weighted by Crippen LogP contribution is 2.21. The molecule has 6 heteroatoms. The van der Waals surface area contributed by atoms with Crippen LogP contribution >= 0.6 is 22.9 Å². The van der Waals surface area contributed by atoms with E-state index in [1.165, 1.54) is 10.4 Å². The molecule has 0 fully saturated rings. The fourth-order valence-corrected chi connectivity index (χ4v) is 3.01. The third-order valence-electron chi connectivity index (χ3n) is 2.92. The van der Waals surface area contributed by atoms with Crippen LogP contribution in [0.3, 0.4) is 0 Å². The Kier molecular flexibility index (Phi) is 4.65. The zero-order valence-electron chi connectivity index (χ0n) is 11.3. The lowest BCUT2D eigenvalue weighted by Gasteiger charge is -1.97. The SMILES string of the molecule is Clc1ccc(CNCc2nc(Cc3ccccc3)no2)s1. The van der Waals surface area contributed by atoms with Crippen molar-refractivity contribution in [2.75, 3.05) is 0 Å². The highest BCUT2D eigenvalue weighted by molar-refractivity contribution is 7.16. The average Bonchev–Trinajstić information content (AvgIpc) is 3.10. The van der Waals surface area contributed by atoms with E-state index in [9.17, 15) is 0 Å². The Hall–Kier alpha value is -1.69. The van der Waals surface area contributed by atoms with Crippen LogP contribution in [0.1, 0.15) is 22.2 Å². The maximum atomic E-state index is 5.89. The fourth-order valence-electron chi connectivity index (χ4n) is 1.95. The number of hydrogen-bond donors (Lipinski definition) is 1. The first-order chi connectivity index (χ1) is 10.3. The number of nitrogens with one attached hydrogen (secondary N) is 1. The van der Waals surface area contributed by atoms with Crippen LogP contribution in [0.25, 0.3) is 0 Å². The molecule has 0 saturated heterocycles. The summed E-state index contributed by atoms with van der Waals surface area (Å²) in [6.07, 6.45) is 0.685. The van der Waals surface area contributed by atoms with Gasteiger partial charge in [0.25, 0.3) is 0 Å². The van der Waals surface area contributed by atoms with Gasteiger partial charge in [0.15, 0.2) is 5.82 Å². The Morgan fingerprint density at radius 1 is 1.10 bits per heavy atom. The second-order valence-electron chi connectivity index (χ2n) is 4.58. The smallest absolute Gasteiger partial charge is 0.240 e. The van der Waals surface area contributed by atoms with Crippen molar-refractivity contribution in [1.82, 2.24) is 15.5 Å². The van der Waals surface area contributed by atoms with Crippen LogP contribution in [-0.2, 0) is 19.5 Å². The van der Waals surface area contributed by atoms with Gasteiger partial charge in [-0.1, -0.05) is 47.1 Å². The van der Waals surface area contributed by atoms with Gasteiger partial charge < -0.3 is 9.84 Å². The van der Waals surface area contributed by atoms with Crippen molar-refractivity contribution >= 4 is 22.9 Å². The monoisotopic (exact) mass is 319 g/mol. The molecule has 3 rings (SSSR count). The first kappa shape index (κ1) is 14.3. The number of hydrogen-bond acceptors (Lipinski definition) is 5. The summed E-state index contributed by atoms with van der Waals surface area (Å²) in [6.45, 7) is 1.30. The molecule has 1 N–H and O–H groups in total. The van der Waals surface area contributed by atoms with E-state index >= 15 is 0 Å². The number of thiophene rings is 1. The van der Waals surface area contributed by atoms with Gasteiger partial charge in [-0.15, -0.1) is 11.3 Å². The Bertz CT molecular complexity index is 696. The van der Waals surface area contributed by atoms with Crippen molar-refractivity contribution in [3.63, 3.8) is 0 Å². The Morgan fingerprint density at radius 2 is 1.95 bits per heavy atom. The molecule has 21 heavy (non-hydrogen) atoms. The van der Waals surface area contributed by atoms with Gasteiger partial charge in [-0.25, -0.2) is 0 Å². The van der Waals surface area contributed by atoms with E-state index in [1.54, 1.807) is 11.3 Å². The summed E-state index contributed by atoms with van der Waals surface area (Å²) in [6, 6.07) is 14.0. The van der Waals surface area contributed by atoms with Gasteiger partial charge in [0.05, 0.1) is 10.9 Å². The minimum absolute atomic E-state index is 0.553. The molecule has 0 saturated carbocycles. The summed E-state index contributed by atoms with van der Waals surface area (Å²) < 4.78 is 6.03. The number of nitrogens with zero attached hydrogens (tertiary/aromatic N) is 2. The van der Waals surface area contributed by atoms with Crippen LogP contribution < -0.4 is 5.32 Å². The first-order valence-corrected chi connectivity index (χ1v) is 7.79. The molecule has 3 aromatic rings. The molecule has 0 spiro atoms. The average molecular weight is 320 g/mol. The molecule has 0 atom stereocenters. The molecule has 0 unspecified atom stereocenters. The van der Waals surface area contributed by atoms with E-state index in [2.05, 4.69) is 27.6 Å². The minimum Gasteiger partial charge on any atom is -0.338 e. The van der Waals surface area contributed by atoms with E-state index in [1.807, 2.05) is 30.3 Å². The van der Waals surface area contributed by atoms with Crippen LogP contribution in [0.5, 0.6) is 0 Å². The molecule has 0 aliphatic carbocycles. The van der Waals surface area contributed by atoms with Crippen molar-refractivity contribution in [2.45, 2.75) is 19.5 Å². The summed E-state index contributed by atoms with van der Waals surface area (Å²) in [4.78, 5) is 5.56. The summed E-state index contributed by atoms with van der Waals surface area (Å²) in [7, 11) is 0. The zero-order chi connectivity index (χ0) is 14.5. The van der Waals surface area contributed by atoms with Crippen LogP contribution in [0.2, 0.25) is 4.34 Å². The maximum absolute atomic E-state index is 5.89. The van der Waals surface area contributed by atoms with Gasteiger partial charge in [-0.3, -0.25) is 0 Å². The number of benzene rings is 1. The van der Waals surface area contributed by atoms with E-state index in [-0.39, 0.29) is 0 Å². The maximum Gasteiger partial charge on any atom is 0.240 e. The van der Waals surface area contributed by atoms with Gasteiger partial charge in [-0.2, -0.15) is 4.98 Å². The van der Waals surface area contributed by atoms with Gasteiger partial charge in [0.2, 0.25) is 5.89 Å². The van der Waals surface area contributed by atoms with Crippen LogP contribution in [0.15, 0.2) is 47.0 Å². The van der Waals surface area contributed by atoms with E-state index < -0.39 is 0 Å². The summed E-state index contributed by atoms with van der Waals surface area (Å²) in [5.41, 5.74) is 1.17. The van der Waals surface area contributed by atoms with Gasteiger partial charge in [-0.05, 0) is 17.7 Å². The quantitative estimate of drug-likeness (QED) is 0.753. The minimum atomic E-state index is 0.553. The number of aromatic nitrogens is 2. The molecule has 4 nitrogen and oxygen atoms in total. The van der Waals surface area contributed by atoms with Gasteiger partial charge in [0, 0.05) is 17.8 Å². The topological polar surface area (TPSA) is 51.0 Å². The predicted molar refractivity (Wildman–Crippen MR) is 83.4 cm³/mol. The van der Waals surface area contributed by atoms with Crippen LogP contribution in [-0.4, -0.2) is 10.1 Å². The zero-order valence-corrected chi connectivity index (χ0v) is 12.8. The molecular weight excluding hydrogens is 306 g/mol. The van der Waals surface area contributed by atoms with E-state index in [0.717, 1.165) is 10.9 Å². The lowest BCUT2D eigenvalue weighted by molar-refractivity contribution is 0.363. The summed E-state index contributed by atoms with van der Waals surface area (Å²) >= 11 is 7.45. The molecule has 0 aliphatic rings. The van der Waals surface area contributed by atoms with Crippen molar-refractivity contribution < 1.29 is 4.52 Å². The fraction of sp³-hybridized carbons (Fsp3) is 0.200. The lowest BCUT2D eigenvalue weighted by atomic mass is 10.1. The first-order valence-electron chi connectivity index (χ1n) is 6.60. The lowest BCUT2D eigenvalue weighted by Crippen LogP contribution is -2.12. The molecule has 0 amide bonds. The standard InChI is InChI=1S/C15H14ClN3OS/c16-13-7-6-12(21-13)9-17-10-15-18-14(19-20-15)8-11-4-2-1-3-5-11/h1-7,17H,8-10H2. The molecule has 0 bridgehead atoms. The van der Waals surface area contributed by atoms with E-state index in [0.29, 0.717) is 24.7 Å². The third-order valence-corrected chi connectivity index (χ3v) is 4.15. The van der Waals surface area contributed by atoms with Gasteiger partial charge >= 0.3 is 0 Å².